The van der Waals surface area contributed by atoms with Crippen molar-refractivity contribution in [2.45, 2.75) is 5.75 Å². The topological polar surface area (TPSA) is 50.2 Å². The molecule has 1 aromatic carbocycles. The van der Waals surface area contributed by atoms with Gasteiger partial charge in [-0.05, 0) is 28.8 Å². The van der Waals surface area contributed by atoms with Crippen molar-refractivity contribution in [2.24, 2.45) is 0 Å². The van der Waals surface area contributed by atoms with Crippen molar-refractivity contribution < 1.29 is 8.76 Å². The molecule has 3 rings (SSSR count). The van der Waals surface area contributed by atoms with E-state index in [1.54, 1.807) is 33.1 Å². The molecule has 1 N–H and O–H groups in total. The van der Waals surface area contributed by atoms with Crippen LogP contribution in [0.25, 0.3) is 21.6 Å². The second-order valence-corrected chi connectivity index (χ2v) is 8.31. The van der Waals surface area contributed by atoms with E-state index in [2.05, 4.69) is 4.98 Å². The third kappa shape index (κ3) is 3.39. The van der Waals surface area contributed by atoms with Crippen LogP contribution in [0.15, 0.2) is 48.8 Å². The van der Waals surface area contributed by atoms with E-state index >= 15 is 0 Å². The molecule has 112 valence electrons. The fourth-order valence-corrected chi connectivity index (χ4v) is 5.51. The van der Waals surface area contributed by atoms with Crippen molar-refractivity contribution in [1.82, 2.24) is 4.98 Å². The first-order valence-corrected chi connectivity index (χ1v) is 10.2. The molecule has 0 aliphatic rings. The van der Waals surface area contributed by atoms with Crippen LogP contribution in [-0.2, 0) is 16.8 Å². The molecule has 3 nitrogen and oxygen atoms in total. The van der Waals surface area contributed by atoms with Crippen LogP contribution in [0, 0.1) is 3.82 Å². The highest BCUT2D eigenvalue weighted by Crippen LogP contribution is 2.40. The maximum absolute atomic E-state index is 10.9. The van der Waals surface area contributed by atoms with E-state index in [4.69, 9.17) is 16.8 Å². The lowest BCUT2D eigenvalue weighted by Crippen LogP contribution is -1.92. The lowest BCUT2D eigenvalue weighted by Gasteiger charge is -2.05. The molecule has 0 amide bonds. The second-order valence-electron chi connectivity index (χ2n) is 4.56. The zero-order valence-corrected chi connectivity index (χ0v) is 14.5. The molecule has 1 atom stereocenters. The van der Waals surface area contributed by atoms with Crippen LogP contribution in [0.1, 0.15) is 5.56 Å². The predicted molar refractivity (Wildman–Crippen MR) is 96.2 cm³/mol. The number of hydrogen-bond donors (Lipinski definition) is 1. The normalized spacial score (nSPS) is 12.2. The number of benzene rings is 1. The molecule has 0 aliphatic heterocycles. The summed E-state index contributed by atoms with van der Waals surface area (Å²) >= 11 is 3.66. The Kier molecular flexibility index (Phi) is 4.90. The Labute approximate surface area is 143 Å². The lowest BCUT2D eigenvalue weighted by molar-refractivity contribution is 0.563. The van der Waals surface area contributed by atoms with Gasteiger partial charge in [0.25, 0.3) is 0 Å². The van der Waals surface area contributed by atoms with Gasteiger partial charge < -0.3 is 4.55 Å². The summed E-state index contributed by atoms with van der Waals surface area (Å²) in [4.78, 5) is 5.17. The van der Waals surface area contributed by atoms with Gasteiger partial charge in [-0.25, -0.2) is 4.21 Å². The summed E-state index contributed by atoms with van der Waals surface area (Å²) < 4.78 is 20.7. The maximum Gasteiger partial charge on any atom is 0.157 e. The van der Waals surface area contributed by atoms with Gasteiger partial charge in [-0.3, -0.25) is 4.98 Å². The highest BCUT2D eigenvalue weighted by Gasteiger charge is 2.12. The monoisotopic (exact) mass is 365 g/mol. The van der Waals surface area contributed by atoms with Gasteiger partial charge in [0.05, 0.1) is 10.6 Å². The Balaban J connectivity index is 2.03. The van der Waals surface area contributed by atoms with Crippen molar-refractivity contribution in [3.05, 3.63) is 58.2 Å². The molecular formula is C15H11NO2S4. The summed E-state index contributed by atoms with van der Waals surface area (Å²) in [6, 6.07) is 11.6. The van der Waals surface area contributed by atoms with Crippen LogP contribution in [0.3, 0.4) is 0 Å². The first-order valence-electron chi connectivity index (χ1n) is 6.35. The Bertz CT molecular complexity index is 853. The van der Waals surface area contributed by atoms with E-state index in [1.165, 1.54) is 0 Å². The highest BCUT2D eigenvalue weighted by atomic mass is 32.9. The Morgan fingerprint density at radius 1 is 1.05 bits per heavy atom. The van der Waals surface area contributed by atoms with Gasteiger partial charge in [0.1, 0.15) is 3.82 Å². The predicted octanol–water partition coefficient (Wildman–Crippen LogP) is 4.99. The van der Waals surface area contributed by atoms with Crippen molar-refractivity contribution in [3.63, 3.8) is 0 Å². The van der Waals surface area contributed by atoms with Crippen molar-refractivity contribution in [1.29, 1.82) is 0 Å². The standard InChI is InChI=1S/C15H11NO2S4/c17-22(18)9-10-1-3-12(4-2-10)14-13(15(19)21-20-14)11-5-7-16-8-6-11/h1-8H,9H2,(H,17,18). The molecule has 22 heavy (non-hydrogen) atoms. The van der Waals surface area contributed by atoms with E-state index in [0.29, 0.717) is 0 Å². The molecular weight excluding hydrogens is 354 g/mol. The smallest absolute Gasteiger partial charge is 0.157 e. The molecule has 0 bridgehead atoms. The molecule has 2 heterocycles. The molecule has 0 aliphatic carbocycles. The molecule has 0 saturated carbocycles. The van der Waals surface area contributed by atoms with Gasteiger partial charge in [-0.1, -0.05) is 57.2 Å². The van der Waals surface area contributed by atoms with Gasteiger partial charge in [-0.15, -0.1) is 0 Å². The van der Waals surface area contributed by atoms with E-state index in [0.717, 1.165) is 31.0 Å². The summed E-state index contributed by atoms with van der Waals surface area (Å²) in [5.74, 6) is 0.150. The fourth-order valence-electron chi connectivity index (χ4n) is 2.11. The number of pyridine rings is 1. The molecule has 0 saturated heterocycles. The van der Waals surface area contributed by atoms with Gasteiger partial charge in [-0.2, -0.15) is 0 Å². The lowest BCUT2D eigenvalue weighted by atomic mass is 10.0. The minimum atomic E-state index is -1.82. The van der Waals surface area contributed by atoms with Crippen molar-refractivity contribution in [2.75, 3.05) is 0 Å². The summed E-state index contributed by atoms with van der Waals surface area (Å²) in [6.07, 6.45) is 3.52. The fraction of sp³-hybridized carbons (Fsp3) is 0.0667. The summed E-state index contributed by atoms with van der Waals surface area (Å²) in [6.45, 7) is 0. The third-order valence-electron chi connectivity index (χ3n) is 3.11. The van der Waals surface area contributed by atoms with E-state index in [9.17, 15) is 4.21 Å². The minimum Gasteiger partial charge on any atom is -0.306 e. The van der Waals surface area contributed by atoms with Gasteiger partial charge in [0.15, 0.2) is 11.1 Å². The quantitative estimate of drug-likeness (QED) is 0.402. The number of aromatic nitrogens is 1. The summed E-state index contributed by atoms with van der Waals surface area (Å²) in [5, 5.41) is 0. The maximum atomic E-state index is 10.9. The zero-order valence-electron chi connectivity index (χ0n) is 11.3. The minimum absolute atomic E-state index is 0.150. The molecule has 2 aromatic heterocycles. The first kappa shape index (κ1) is 15.6. The molecule has 7 heteroatoms. The number of hydrogen-bond acceptors (Lipinski definition) is 5. The van der Waals surface area contributed by atoms with Gasteiger partial charge >= 0.3 is 0 Å². The molecule has 3 aromatic rings. The van der Waals surface area contributed by atoms with Crippen molar-refractivity contribution in [3.8, 4) is 21.6 Å². The summed E-state index contributed by atoms with van der Waals surface area (Å²) in [7, 11) is 3.23. The number of nitrogens with zero attached hydrogens (tertiary/aromatic N) is 1. The highest BCUT2D eigenvalue weighted by molar-refractivity contribution is 7.80. The van der Waals surface area contributed by atoms with E-state index < -0.39 is 11.1 Å². The SMILES string of the molecule is O=S(O)Cc1ccc(-c2ssc(=S)c2-c2ccncc2)cc1. The van der Waals surface area contributed by atoms with Gasteiger partial charge in [0.2, 0.25) is 0 Å². The average Bonchev–Trinajstić information content (AvgIpc) is 2.90. The first-order chi connectivity index (χ1) is 10.6. The zero-order chi connectivity index (χ0) is 15.5. The molecule has 0 fully saturated rings. The van der Waals surface area contributed by atoms with Crippen LogP contribution in [0.4, 0.5) is 0 Å². The van der Waals surface area contributed by atoms with Crippen LogP contribution < -0.4 is 0 Å². The van der Waals surface area contributed by atoms with Crippen LogP contribution >= 0.6 is 32.9 Å². The largest absolute Gasteiger partial charge is 0.306 e. The van der Waals surface area contributed by atoms with Crippen molar-refractivity contribution >= 4 is 44.0 Å². The van der Waals surface area contributed by atoms with Crippen LogP contribution in [-0.4, -0.2) is 13.7 Å². The number of rotatable bonds is 4. The Morgan fingerprint density at radius 3 is 2.36 bits per heavy atom. The molecule has 0 spiro atoms. The van der Waals surface area contributed by atoms with E-state index in [1.807, 2.05) is 36.4 Å². The summed E-state index contributed by atoms with van der Waals surface area (Å²) in [5.41, 5.74) is 4.03. The van der Waals surface area contributed by atoms with E-state index in [-0.39, 0.29) is 5.75 Å². The second kappa shape index (κ2) is 6.89. The van der Waals surface area contributed by atoms with Crippen LogP contribution in [0.5, 0.6) is 0 Å². The molecule has 1 unspecified atom stereocenters. The Hall–Kier alpha value is -1.25. The van der Waals surface area contributed by atoms with Gasteiger partial charge in [0, 0.05) is 18.0 Å². The Morgan fingerprint density at radius 2 is 1.73 bits per heavy atom. The average molecular weight is 366 g/mol. The van der Waals surface area contributed by atoms with Crippen LogP contribution in [0.2, 0.25) is 0 Å². The molecule has 0 radical (unpaired) electrons. The third-order valence-corrected chi connectivity index (χ3v) is 6.75.